The number of nitrogens with zero attached hydrogens (tertiary/aromatic N) is 3. The Balaban J connectivity index is 1.73. The van der Waals surface area contributed by atoms with Crippen molar-refractivity contribution in [2.24, 2.45) is 0 Å². The van der Waals surface area contributed by atoms with Crippen LogP contribution in [0.2, 0.25) is 0 Å². The van der Waals surface area contributed by atoms with Crippen molar-refractivity contribution in [2.45, 2.75) is 26.2 Å². The average molecular weight is 334 g/mol. The highest BCUT2D eigenvalue weighted by atomic mass is 15.1. The SMILES string of the molecule is CCCN(C)CCCc1cc(-c2cn[nH]c2-c2ccccc2)ccn1. The molecule has 0 saturated heterocycles. The van der Waals surface area contributed by atoms with Gasteiger partial charge in [-0.1, -0.05) is 37.3 Å². The van der Waals surface area contributed by atoms with E-state index in [1.54, 1.807) is 0 Å². The second-order valence-corrected chi connectivity index (χ2v) is 6.47. The van der Waals surface area contributed by atoms with E-state index in [1.807, 2.05) is 30.6 Å². The smallest absolute Gasteiger partial charge is 0.0728 e. The van der Waals surface area contributed by atoms with E-state index >= 15 is 0 Å². The van der Waals surface area contributed by atoms with Crippen molar-refractivity contribution in [3.8, 4) is 22.4 Å². The molecule has 1 aromatic carbocycles. The third-order valence-electron chi connectivity index (χ3n) is 4.41. The Kier molecular flexibility index (Phi) is 5.96. The summed E-state index contributed by atoms with van der Waals surface area (Å²) in [6, 6.07) is 14.6. The predicted molar refractivity (Wildman–Crippen MR) is 103 cm³/mol. The van der Waals surface area contributed by atoms with Crippen LogP contribution in [0.5, 0.6) is 0 Å². The van der Waals surface area contributed by atoms with Crippen LogP contribution in [-0.2, 0) is 6.42 Å². The standard InChI is InChI=1S/C21H26N4/c1-3-13-25(2)14-7-10-19-15-18(11-12-22-19)20-16-23-24-21(20)17-8-5-4-6-9-17/h4-6,8-9,11-12,15-16H,3,7,10,13-14H2,1-2H3,(H,23,24). The number of pyridine rings is 1. The van der Waals surface area contributed by atoms with Gasteiger partial charge in [0.1, 0.15) is 0 Å². The first-order chi connectivity index (χ1) is 12.3. The van der Waals surface area contributed by atoms with Crippen molar-refractivity contribution in [1.82, 2.24) is 20.1 Å². The van der Waals surface area contributed by atoms with Crippen molar-refractivity contribution in [3.63, 3.8) is 0 Å². The fourth-order valence-corrected chi connectivity index (χ4v) is 3.14. The molecule has 0 aliphatic carbocycles. The molecule has 0 radical (unpaired) electrons. The Bertz CT molecular complexity index is 779. The lowest BCUT2D eigenvalue weighted by atomic mass is 10.0. The maximum atomic E-state index is 4.55. The Hall–Kier alpha value is -2.46. The highest BCUT2D eigenvalue weighted by Crippen LogP contribution is 2.30. The van der Waals surface area contributed by atoms with Crippen LogP contribution >= 0.6 is 0 Å². The van der Waals surface area contributed by atoms with Gasteiger partial charge in [0.15, 0.2) is 0 Å². The Morgan fingerprint density at radius 1 is 1.04 bits per heavy atom. The summed E-state index contributed by atoms with van der Waals surface area (Å²) in [5.41, 5.74) is 5.63. The minimum Gasteiger partial charge on any atom is -0.306 e. The number of benzene rings is 1. The Morgan fingerprint density at radius 2 is 1.88 bits per heavy atom. The number of nitrogens with one attached hydrogen (secondary N) is 1. The summed E-state index contributed by atoms with van der Waals surface area (Å²) in [6.07, 6.45) is 7.13. The molecule has 2 aromatic heterocycles. The minimum absolute atomic E-state index is 1.00. The molecular formula is C21H26N4. The lowest BCUT2D eigenvalue weighted by Gasteiger charge is -2.14. The normalized spacial score (nSPS) is 11.2. The van der Waals surface area contributed by atoms with E-state index in [0.29, 0.717) is 0 Å². The number of rotatable bonds is 8. The van der Waals surface area contributed by atoms with Crippen molar-refractivity contribution in [1.29, 1.82) is 0 Å². The molecule has 1 N–H and O–H groups in total. The van der Waals surface area contributed by atoms with Crippen LogP contribution in [0.25, 0.3) is 22.4 Å². The molecule has 0 unspecified atom stereocenters. The Labute approximate surface area is 149 Å². The van der Waals surface area contributed by atoms with Gasteiger partial charge < -0.3 is 4.90 Å². The number of H-pyrrole nitrogens is 1. The lowest BCUT2D eigenvalue weighted by molar-refractivity contribution is 0.330. The third kappa shape index (κ3) is 4.54. The molecule has 0 spiro atoms. The molecule has 3 aromatic rings. The molecule has 0 aliphatic rings. The van der Waals surface area contributed by atoms with Crippen molar-refractivity contribution >= 4 is 0 Å². The minimum atomic E-state index is 1.00. The maximum Gasteiger partial charge on any atom is 0.0728 e. The molecule has 0 amide bonds. The van der Waals surface area contributed by atoms with Crippen LogP contribution in [-0.4, -0.2) is 40.2 Å². The summed E-state index contributed by atoms with van der Waals surface area (Å²) >= 11 is 0. The van der Waals surface area contributed by atoms with E-state index in [4.69, 9.17) is 0 Å². The monoisotopic (exact) mass is 334 g/mol. The molecule has 0 aliphatic heterocycles. The van der Waals surface area contributed by atoms with E-state index in [1.165, 1.54) is 12.0 Å². The van der Waals surface area contributed by atoms with Crippen LogP contribution in [0.4, 0.5) is 0 Å². The van der Waals surface area contributed by atoms with Gasteiger partial charge in [0.2, 0.25) is 0 Å². The van der Waals surface area contributed by atoms with Crippen molar-refractivity contribution in [3.05, 3.63) is 60.6 Å². The van der Waals surface area contributed by atoms with Gasteiger partial charge in [-0.05, 0) is 57.1 Å². The first-order valence-corrected chi connectivity index (χ1v) is 9.00. The molecule has 0 atom stereocenters. The molecule has 130 valence electrons. The molecule has 25 heavy (non-hydrogen) atoms. The van der Waals surface area contributed by atoms with Gasteiger partial charge in [0, 0.05) is 23.0 Å². The number of hydrogen-bond acceptors (Lipinski definition) is 3. The maximum absolute atomic E-state index is 4.55. The third-order valence-corrected chi connectivity index (χ3v) is 4.41. The van der Waals surface area contributed by atoms with Crippen molar-refractivity contribution in [2.75, 3.05) is 20.1 Å². The lowest BCUT2D eigenvalue weighted by Crippen LogP contribution is -2.20. The zero-order chi connectivity index (χ0) is 17.5. The first kappa shape index (κ1) is 17.4. The number of hydrogen-bond donors (Lipinski definition) is 1. The van der Waals surface area contributed by atoms with Gasteiger partial charge in [-0.2, -0.15) is 5.10 Å². The second kappa shape index (κ2) is 8.58. The van der Waals surface area contributed by atoms with E-state index < -0.39 is 0 Å². The van der Waals surface area contributed by atoms with Crippen LogP contribution in [0, 0.1) is 0 Å². The van der Waals surface area contributed by atoms with Gasteiger partial charge in [-0.25, -0.2) is 0 Å². The zero-order valence-electron chi connectivity index (χ0n) is 15.1. The van der Waals surface area contributed by atoms with Crippen LogP contribution in [0.15, 0.2) is 54.9 Å². The topological polar surface area (TPSA) is 44.8 Å². The molecule has 0 saturated carbocycles. The van der Waals surface area contributed by atoms with Crippen LogP contribution in [0.1, 0.15) is 25.5 Å². The van der Waals surface area contributed by atoms with Gasteiger partial charge in [-0.3, -0.25) is 10.1 Å². The highest BCUT2D eigenvalue weighted by Gasteiger charge is 2.10. The van der Waals surface area contributed by atoms with Gasteiger partial charge in [-0.15, -0.1) is 0 Å². The second-order valence-electron chi connectivity index (χ2n) is 6.47. The van der Waals surface area contributed by atoms with E-state index in [2.05, 4.69) is 58.3 Å². The van der Waals surface area contributed by atoms with Gasteiger partial charge >= 0.3 is 0 Å². The van der Waals surface area contributed by atoms with E-state index in [0.717, 1.165) is 48.4 Å². The van der Waals surface area contributed by atoms with Crippen LogP contribution < -0.4 is 0 Å². The predicted octanol–water partition coefficient (Wildman–Crippen LogP) is 4.41. The van der Waals surface area contributed by atoms with E-state index in [-0.39, 0.29) is 0 Å². The highest BCUT2D eigenvalue weighted by molar-refractivity contribution is 5.80. The number of aromatic amines is 1. The summed E-state index contributed by atoms with van der Waals surface area (Å²) in [5.74, 6) is 0. The van der Waals surface area contributed by atoms with E-state index in [9.17, 15) is 0 Å². The fraction of sp³-hybridized carbons (Fsp3) is 0.333. The molecule has 4 heteroatoms. The van der Waals surface area contributed by atoms with Crippen molar-refractivity contribution < 1.29 is 0 Å². The summed E-state index contributed by atoms with van der Waals surface area (Å²) in [7, 11) is 2.19. The fourth-order valence-electron chi connectivity index (χ4n) is 3.14. The molecule has 2 heterocycles. The molecule has 4 nitrogen and oxygen atoms in total. The summed E-state index contributed by atoms with van der Waals surface area (Å²) in [6.45, 7) is 4.49. The molecule has 0 bridgehead atoms. The first-order valence-electron chi connectivity index (χ1n) is 9.00. The van der Waals surface area contributed by atoms with Gasteiger partial charge in [0.25, 0.3) is 0 Å². The molecular weight excluding hydrogens is 308 g/mol. The summed E-state index contributed by atoms with van der Waals surface area (Å²) in [5, 5.41) is 7.39. The van der Waals surface area contributed by atoms with Crippen LogP contribution in [0.3, 0.4) is 0 Å². The molecule has 3 rings (SSSR count). The number of aryl methyl sites for hydroxylation is 1. The van der Waals surface area contributed by atoms with Gasteiger partial charge in [0.05, 0.1) is 11.9 Å². The quantitative estimate of drug-likeness (QED) is 0.663. The largest absolute Gasteiger partial charge is 0.306 e. The molecule has 0 fully saturated rings. The Morgan fingerprint density at radius 3 is 2.68 bits per heavy atom. The summed E-state index contributed by atoms with van der Waals surface area (Å²) in [4.78, 5) is 6.93. The summed E-state index contributed by atoms with van der Waals surface area (Å²) < 4.78 is 0. The number of aromatic nitrogens is 3. The average Bonchev–Trinajstić information content (AvgIpc) is 3.13. The zero-order valence-corrected chi connectivity index (χ0v) is 15.1.